The first-order chi connectivity index (χ1) is 19.5. The van der Waals surface area contributed by atoms with Gasteiger partial charge in [-0.15, -0.1) is 9.24 Å². The summed E-state index contributed by atoms with van der Waals surface area (Å²) in [7, 11) is 2.14. The second kappa shape index (κ2) is 12.6. The summed E-state index contributed by atoms with van der Waals surface area (Å²) in [4.78, 5) is 20.2. The molecule has 5 nitrogen and oxygen atoms in total. The number of hydrogen-bond donors (Lipinski definition) is 1. The number of para-hydroxylation sites is 1. The Bertz CT molecular complexity index is 1420. The van der Waals surface area contributed by atoms with Gasteiger partial charge in [-0.2, -0.15) is 13.2 Å². The Hall–Kier alpha value is -3.52. The summed E-state index contributed by atoms with van der Waals surface area (Å²) >= 11 is 0. The molecule has 3 aromatic carbocycles. The minimum atomic E-state index is -4.63. The molecule has 0 saturated carbocycles. The van der Waals surface area contributed by atoms with E-state index in [-0.39, 0.29) is 28.4 Å². The molecule has 218 valence electrons. The maximum absolute atomic E-state index is 15.0. The molecule has 41 heavy (non-hydrogen) atoms. The SMILES string of the molecule is CC.O=C(O)CC1c2cccc(F)c2N=C(C2CCN(c3ccc(F)cc3)CC2)N1c1cccc(C(F)(F)F)c1P. The van der Waals surface area contributed by atoms with E-state index >= 15 is 4.39 Å². The zero-order valence-corrected chi connectivity index (χ0v) is 23.8. The molecule has 0 bridgehead atoms. The van der Waals surface area contributed by atoms with Crippen LogP contribution in [0, 0.1) is 17.6 Å². The van der Waals surface area contributed by atoms with Gasteiger partial charge in [-0.3, -0.25) is 4.79 Å². The van der Waals surface area contributed by atoms with E-state index in [1.54, 1.807) is 23.1 Å². The summed E-state index contributed by atoms with van der Waals surface area (Å²) in [6.45, 7) is 5.10. The zero-order valence-electron chi connectivity index (χ0n) is 22.6. The largest absolute Gasteiger partial charge is 0.481 e. The predicted octanol–water partition coefficient (Wildman–Crippen LogP) is 7.49. The minimum absolute atomic E-state index is 0.00764. The van der Waals surface area contributed by atoms with E-state index in [1.807, 2.05) is 13.8 Å². The van der Waals surface area contributed by atoms with Gasteiger partial charge in [-0.1, -0.05) is 32.0 Å². The Morgan fingerprint density at radius 1 is 1.00 bits per heavy atom. The normalized spacial score (nSPS) is 17.4. The van der Waals surface area contributed by atoms with Crippen molar-refractivity contribution in [3.05, 3.63) is 83.4 Å². The van der Waals surface area contributed by atoms with Crippen molar-refractivity contribution in [1.82, 2.24) is 0 Å². The monoisotopic (exact) mass is 591 g/mol. The molecule has 5 rings (SSSR count). The third-order valence-electron chi connectivity index (χ3n) is 7.23. The smallest absolute Gasteiger partial charge is 0.417 e. The number of halogens is 5. The topological polar surface area (TPSA) is 56.1 Å². The summed E-state index contributed by atoms with van der Waals surface area (Å²) in [5, 5.41) is 9.63. The first-order valence-electron chi connectivity index (χ1n) is 13.4. The zero-order chi connectivity index (χ0) is 29.9. The average Bonchev–Trinajstić information content (AvgIpc) is 2.94. The second-order valence-electron chi connectivity index (χ2n) is 9.61. The lowest BCUT2D eigenvalue weighted by Crippen LogP contribution is -2.47. The number of piperidine rings is 1. The van der Waals surface area contributed by atoms with E-state index < -0.39 is 36.0 Å². The minimum Gasteiger partial charge on any atom is -0.481 e. The number of anilines is 2. The fourth-order valence-corrected chi connectivity index (χ4v) is 5.89. The summed E-state index contributed by atoms with van der Waals surface area (Å²) in [5.41, 5.74) is 0.424. The van der Waals surface area contributed by atoms with Crippen LogP contribution < -0.4 is 15.1 Å². The fourth-order valence-electron chi connectivity index (χ4n) is 5.39. The van der Waals surface area contributed by atoms with Gasteiger partial charge in [-0.25, -0.2) is 13.8 Å². The van der Waals surface area contributed by atoms with Crippen LogP contribution in [0.5, 0.6) is 0 Å². The van der Waals surface area contributed by atoms with Crippen molar-refractivity contribution < 1.29 is 31.9 Å². The van der Waals surface area contributed by atoms with Crippen LogP contribution in [-0.4, -0.2) is 30.0 Å². The van der Waals surface area contributed by atoms with Crippen molar-refractivity contribution in [2.24, 2.45) is 10.9 Å². The third-order valence-corrected chi connectivity index (χ3v) is 7.84. The number of benzene rings is 3. The Kier molecular flexibility index (Phi) is 9.32. The number of nitrogens with zero attached hydrogens (tertiary/aromatic N) is 3. The van der Waals surface area contributed by atoms with Crippen LogP contribution in [0.25, 0.3) is 0 Å². The van der Waals surface area contributed by atoms with E-state index in [2.05, 4.69) is 19.1 Å². The molecule has 1 fully saturated rings. The second-order valence-corrected chi connectivity index (χ2v) is 10.2. The number of fused-ring (bicyclic) bond motifs is 1. The number of hydrogen-bond acceptors (Lipinski definition) is 4. The Morgan fingerprint density at radius 3 is 2.24 bits per heavy atom. The third kappa shape index (κ3) is 6.38. The number of aliphatic carboxylic acids is 1. The fraction of sp³-hybridized carbons (Fsp3) is 0.333. The quantitative estimate of drug-likeness (QED) is 0.247. The molecule has 2 aliphatic rings. The lowest BCUT2D eigenvalue weighted by molar-refractivity contribution is -0.138. The van der Waals surface area contributed by atoms with E-state index in [1.165, 1.54) is 36.4 Å². The number of aliphatic imine (C=N–C) groups is 1. The van der Waals surface area contributed by atoms with Gasteiger partial charge in [0.25, 0.3) is 0 Å². The van der Waals surface area contributed by atoms with Crippen LogP contribution in [0.4, 0.5) is 39.0 Å². The van der Waals surface area contributed by atoms with Crippen molar-refractivity contribution in [2.75, 3.05) is 22.9 Å². The van der Waals surface area contributed by atoms with Crippen molar-refractivity contribution in [3.8, 4) is 0 Å². The van der Waals surface area contributed by atoms with Gasteiger partial charge in [0.15, 0.2) is 0 Å². The summed E-state index contributed by atoms with van der Waals surface area (Å²) < 4.78 is 69.9. The number of carboxylic acids is 1. The maximum atomic E-state index is 15.0. The highest BCUT2D eigenvalue weighted by Gasteiger charge is 2.41. The number of carbonyl (C=O) groups is 1. The van der Waals surface area contributed by atoms with Crippen LogP contribution in [0.1, 0.15) is 50.3 Å². The van der Waals surface area contributed by atoms with Crippen molar-refractivity contribution in [3.63, 3.8) is 0 Å². The molecule has 1 N–H and O–H groups in total. The number of amidine groups is 1. The molecule has 1 saturated heterocycles. The molecule has 11 heteroatoms. The highest BCUT2D eigenvalue weighted by molar-refractivity contribution is 7.28. The van der Waals surface area contributed by atoms with Gasteiger partial charge in [0.2, 0.25) is 0 Å². The molecule has 2 aliphatic heterocycles. The maximum Gasteiger partial charge on any atom is 0.417 e. The van der Waals surface area contributed by atoms with Crippen LogP contribution in [0.3, 0.4) is 0 Å². The molecular weight excluding hydrogens is 560 g/mol. The molecular formula is C30H31F5N3O2P. The summed E-state index contributed by atoms with van der Waals surface area (Å²) in [6, 6.07) is 13.1. The summed E-state index contributed by atoms with van der Waals surface area (Å²) in [6.07, 6.45) is -4.04. The number of carboxylic acid groups (broad SMARTS) is 1. The number of alkyl halides is 3. The molecule has 0 radical (unpaired) electrons. The predicted molar refractivity (Wildman–Crippen MR) is 154 cm³/mol. The van der Waals surface area contributed by atoms with Gasteiger partial charge in [0.1, 0.15) is 23.2 Å². The van der Waals surface area contributed by atoms with Crippen molar-refractivity contribution >= 4 is 43.4 Å². The standard InChI is InChI=1S/C28H25F5N3O2P.C2H6/c29-17-7-9-18(10-8-17)35-13-11-16(12-14-35)27-34-25-19(3-1-5-21(25)30)23(15-24(37)38)36(27)22-6-2-4-20(26(22)39)28(31,32)33;1-2/h1-10,16,23H,11-15,39H2,(H,37,38);1-2H3. The number of rotatable bonds is 5. The molecule has 0 amide bonds. The van der Waals surface area contributed by atoms with E-state index in [9.17, 15) is 27.5 Å². The van der Waals surface area contributed by atoms with Crippen LogP contribution in [-0.2, 0) is 11.0 Å². The molecule has 2 unspecified atom stereocenters. The first kappa shape index (κ1) is 30.4. The van der Waals surface area contributed by atoms with Crippen LogP contribution in [0.2, 0.25) is 0 Å². The van der Waals surface area contributed by atoms with Crippen molar-refractivity contribution in [1.29, 1.82) is 0 Å². The Morgan fingerprint density at radius 2 is 1.63 bits per heavy atom. The van der Waals surface area contributed by atoms with Gasteiger partial charge in [0, 0.05) is 35.6 Å². The lowest BCUT2D eigenvalue weighted by atomic mass is 9.89. The highest BCUT2D eigenvalue weighted by atomic mass is 31.0. The molecule has 0 aliphatic carbocycles. The van der Waals surface area contributed by atoms with Gasteiger partial charge >= 0.3 is 12.1 Å². The Balaban J connectivity index is 0.00000189. The van der Waals surface area contributed by atoms with E-state index in [0.29, 0.717) is 37.3 Å². The average molecular weight is 592 g/mol. The van der Waals surface area contributed by atoms with Crippen molar-refractivity contribution in [2.45, 2.75) is 45.3 Å². The summed E-state index contributed by atoms with van der Waals surface area (Å²) in [5.74, 6) is -2.10. The van der Waals surface area contributed by atoms with Gasteiger partial charge < -0.3 is 14.9 Å². The van der Waals surface area contributed by atoms with Crippen LogP contribution >= 0.6 is 9.24 Å². The molecule has 0 spiro atoms. The Labute approximate surface area is 237 Å². The van der Waals surface area contributed by atoms with E-state index in [4.69, 9.17) is 0 Å². The molecule has 0 aromatic heterocycles. The van der Waals surface area contributed by atoms with Crippen LogP contribution in [0.15, 0.2) is 65.7 Å². The molecule has 2 heterocycles. The first-order valence-corrected chi connectivity index (χ1v) is 14.0. The lowest BCUT2D eigenvalue weighted by Gasteiger charge is -2.43. The molecule has 2 atom stereocenters. The van der Waals surface area contributed by atoms with Gasteiger partial charge in [-0.05, 0) is 55.3 Å². The highest BCUT2D eigenvalue weighted by Crippen LogP contribution is 2.44. The van der Waals surface area contributed by atoms with E-state index in [0.717, 1.165) is 11.8 Å². The molecule has 3 aromatic rings. The van der Waals surface area contributed by atoms with Gasteiger partial charge in [0.05, 0.1) is 23.7 Å².